The molecule has 0 radical (unpaired) electrons. The fourth-order valence-corrected chi connectivity index (χ4v) is 4.84. The Hall–Kier alpha value is -4.06. The van der Waals surface area contributed by atoms with Crippen LogP contribution in [0.3, 0.4) is 0 Å². The van der Waals surface area contributed by atoms with Crippen molar-refractivity contribution in [1.82, 2.24) is 24.6 Å². The maximum Gasteiger partial charge on any atom is 0.435 e. The molecule has 0 unspecified atom stereocenters. The summed E-state index contributed by atoms with van der Waals surface area (Å²) >= 11 is 0. The van der Waals surface area contributed by atoms with Gasteiger partial charge in [-0.1, -0.05) is 24.3 Å². The minimum atomic E-state index is -4.80. The highest BCUT2D eigenvalue weighted by Gasteiger charge is 2.44. The minimum absolute atomic E-state index is 0.00163. The Labute approximate surface area is 213 Å². The third-order valence-corrected chi connectivity index (χ3v) is 6.52. The van der Waals surface area contributed by atoms with Crippen molar-refractivity contribution in [3.05, 3.63) is 92.7 Å². The van der Waals surface area contributed by atoms with Gasteiger partial charge in [0.1, 0.15) is 17.2 Å². The lowest BCUT2D eigenvalue weighted by molar-refractivity contribution is -0.143. The molecular weight excluding hydrogens is 506 g/mol. The molecule has 8 nitrogen and oxygen atoms in total. The maximum atomic E-state index is 14.8. The predicted molar refractivity (Wildman–Crippen MR) is 129 cm³/mol. The fraction of sp³-hybridized carbons (Fsp3) is 0.308. The van der Waals surface area contributed by atoms with Crippen LogP contribution in [0, 0.1) is 5.82 Å². The third-order valence-electron chi connectivity index (χ3n) is 6.52. The lowest BCUT2D eigenvalue weighted by atomic mass is 10.0. The molecule has 198 valence electrons. The van der Waals surface area contributed by atoms with E-state index in [2.05, 4.69) is 15.2 Å². The number of amides is 1. The van der Waals surface area contributed by atoms with Crippen molar-refractivity contribution in [2.45, 2.75) is 45.1 Å². The molecule has 2 aromatic carbocycles. The lowest BCUT2D eigenvalue weighted by Crippen LogP contribution is -2.40. The van der Waals surface area contributed by atoms with E-state index in [-0.39, 0.29) is 48.7 Å². The third kappa shape index (κ3) is 4.55. The molecule has 38 heavy (non-hydrogen) atoms. The molecule has 0 atom stereocenters. The van der Waals surface area contributed by atoms with Gasteiger partial charge in [0.05, 0.1) is 28.9 Å². The van der Waals surface area contributed by atoms with Crippen LogP contribution < -0.4 is 5.56 Å². The number of aliphatic hydroxyl groups is 1. The maximum absolute atomic E-state index is 14.8. The molecule has 3 heterocycles. The van der Waals surface area contributed by atoms with Gasteiger partial charge >= 0.3 is 6.18 Å². The second kappa shape index (κ2) is 9.05. The number of fused-ring (bicyclic) bond motifs is 2. The molecule has 0 aliphatic carbocycles. The number of rotatable bonds is 4. The number of carbonyl (C=O) groups excluding carboxylic acids is 1. The van der Waals surface area contributed by atoms with Crippen molar-refractivity contribution >= 4 is 16.7 Å². The molecule has 0 bridgehead atoms. The molecule has 0 saturated carbocycles. The Morgan fingerprint density at radius 2 is 1.82 bits per heavy atom. The second-order valence-electron chi connectivity index (χ2n) is 9.70. The molecule has 1 amide bonds. The van der Waals surface area contributed by atoms with Gasteiger partial charge in [-0.05, 0) is 37.6 Å². The summed E-state index contributed by atoms with van der Waals surface area (Å²) in [5, 5.41) is 18.0. The van der Waals surface area contributed by atoms with Crippen LogP contribution in [0.25, 0.3) is 10.8 Å². The van der Waals surface area contributed by atoms with Gasteiger partial charge in [-0.15, -0.1) is 0 Å². The van der Waals surface area contributed by atoms with Crippen molar-refractivity contribution in [2.75, 3.05) is 6.54 Å². The molecule has 4 aromatic rings. The van der Waals surface area contributed by atoms with Crippen LogP contribution in [0.4, 0.5) is 17.6 Å². The normalized spacial score (nSPS) is 14.1. The van der Waals surface area contributed by atoms with Gasteiger partial charge in [0.25, 0.3) is 11.5 Å². The Balaban J connectivity index is 1.45. The van der Waals surface area contributed by atoms with E-state index < -0.39 is 29.2 Å². The molecule has 0 saturated heterocycles. The summed E-state index contributed by atoms with van der Waals surface area (Å²) < 4.78 is 57.0. The zero-order chi connectivity index (χ0) is 27.4. The largest absolute Gasteiger partial charge is 0.435 e. The Kier molecular flexibility index (Phi) is 6.09. The quantitative estimate of drug-likeness (QED) is 0.392. The zero-order valence-electron chi connectivity index (χ0n) is 20.4. The van der Waals surface area contributed by atoms with Gasteiger partial charge in [0, 0.05) is 24.9 Å². The van der Waals surface area contributed by atoms with Crippen LogP contribution in [0.2, 0.25) is 0 Å². The van der Waals surface area contributed by atoms with Gasteiger partial charge in [-0.25, -0.2) is 14.5 Å². The van der Waals surface area contributed by atoms with E-state index >= 15 is 0 Å². The number of hydrogen-bond acceptors (Lipinski definition) is 5. The monoisotopic (exact) mass is 529 g/mol. The highest BCUT2D eigenvalue weighted by molar-refractivity contribution is 5.94. The van der Waals surface area contributed by atoms with E-state index in [0.717, 1.165) is 6.07 Å². The summed E-state index contributed by atoms with van der Waals surface area (Å²) in [5.41, 5.74) is -2.89. The van der Waals surface area contributed by atoms with E-state index in [1.54, 1.807) is 24.3 Å². The molecule has 1 aliphatic rings. The topological polar surface area (TPSA) is 104 Å². The van der Waals surface area contributed by atoms with Crippen molar-refractivity contribution in [3.8, 4) is 0 Å². The van der Waals surface area contributed by atoms with Crippen molar-refractivity contribution < 1.29 is 27.5 Å². The van der Waals surface area contributed by atoms with Gasteiger partial charge in [0.15, 0.2) is 5.69 Å². The number of imidazole rings is 1. The first kappa shape index (κ1) is 25.6. The first-order chi connectivity index (χ1) is 17.8. The zero-order valence-corrected chi connectivity index (χ0v) is 20.4. The van der Waals surface area contributed by atoms with Gasteiger partial charge < -0.3 is 14.6 Å². The summed E-state index contributed by atoms with van der Waals surface area (Å²) in [6.07, 6.45) is -4.60. The molecule has 0 spiro atoms. The van der Waals surface area contributed by atoms with Gasteiger partial charge in [-0.2, -0.15) is 18.3 Å². The number of alkyl halides is 3. The number of carbonyl (C=O) groups is 1. The highest BCUT2D eigenvalue weighted by atomic mass is 19.4. The fourth-order valence-electron chi connectivity index (χ4n) is 4.84. The van der Waals surface area contributed by atoms with Gasteiger partial charge in [0.2, 0.25) is 0 Å². The molecule has 1 aliphatic heterocycles. The summed E-state index contributed by atoms with van der Waals surface area (Å²) in [4.78, 5) is 30.3. The SMILES string of the molecule is CC(C)(O)c1c(C(F)(F)F)nc2n1CCN(C(=O)c1cc(Cc3n[nH]c(=O)c4ccccc34)ccc1F)C2. The summed E-state index contributed by atoms with van der Waals surface area (Å²) in [7, 11) is 0. The van der Waals surface area contributed by atoms with Gasteiger partial charge in [-0.3, -0.25) is 9.59 Å². The number of nitrogens with one attached hydrogen (secondary N) is 1. The minimum Gasteiger partial charge on any atom is -0.384 e. The second-order valence-corrected chi connectivity index (χ2v) is 9.70. The van der Waals surface area contributed by atoms with E-state index in [1.165, 1.54) is 35.4 Å². The summed E-state index contributed by atoms with van der Waals surface area (Å²) in [5.74, 6) is -1.52. The number of H-pyrrole nitrogens is 1. The van der Waals surface area contributed by atoms with Crippen LogP contribution in [0.5, 0.6) is 0 Å². The summed E-state index contributed by atoms with van der Waals surface area (Å²) in [6, 6.07) is 10.9. The Morgan fingerprint density at radius 3 is 2.50 bits per heavy atom. The van der Waals surface area contributed by atoms with Crippen LogP contribution in [-0.4, -0.2) is 42.2 Å². The molecule has 5 rings (SSSR count). The number of aromatic amines is 1. The van der Waals surface area contributed by atoms with Crippen LogP contribution in [-0.2, 0) is 31.3 Å². The van der Waals surface area contributed by atoms with Crippen LogP contribution in [0.1, 0.15) is 52.7 Å². The predicted octanol–water partition coefficient (Wildman–Crippen LogP) is 3.75. The number of nitrogens with zero attached hydrogens (tertiary/aromatic N) is 4. The summed E-state index contributed by atoms with van der Waals surface area (Å²) in [6.45, 7) is 2.15. The Bertz CT molecular complexity index is 1620. The van der Waals surface area contributed by atoms with Crippen molar-refractivity contribution in [3.63, 3.8) is 0 Å². The van der Waals surface area contributed by atoms with E-state index in [9.17, 15) is 32.3 Å². The van der Waals surface area contributed by atoms with Crippen molar-refractivity contribution in [1.29, 1.82) is 0 Å². The van der Waals surface area contributed by atoms with E-state index in [1.807, 2.05) is 0 Å². The molecule has 2 N–H and O–H groups in total. The van der Waals surface area contributed by atoms with Crippen LogP contribution in [0.15, 0.2) is 47.3 Å². The molecule has 2 aromatic heterocycles. The molecule has 12 heteroatoms. The molecular formula is C26H23F4N5O3. The molecule has 0 fully saturated rings. The average molecular weight is 529 g/mol. The number of hydrogen-bond donors (Lipinski definition) is 2. The van der Waals surface area contributed by atoms with Crippen molar-refractivity contribution in [2.24, 2.45) is 0 Å². The average Bonchev–Trinajstić information content (AvgIpc) is 3.27. The first-order valence-electron chi connectivity index (χ1n) is 11.8. The number of aromatic nitrogens is 4. The van der Waals surface area contributed by atoms with E-state index in [4.69, 9.17) is 0 Å². The van der Waals surface area contributed by atoms with Crippen LogP contribution >= 0.6 is 0 Å². The van der Waals surface area contributed by atoms with E-state index in [0.29, 0.717) is 22.0 Å². The Morgan fingerprint density at radius 1 is 1.11 bits per heavy atom. The standard InChI is InChI=1S/C26H23F4N5O3/c1-25(2,38)22-21(26(28,29)30)31-20-13-34(9-10-35(20)22)24(37)17-11-14(7-8-18(17)27)12-19-15-5-3-4-6-16(15)23(36)33-32-19/h3-8,11,38H,9-10,12-13H2,1-2H3,(H,33,36). The highest BCUT2D eigenvalue weighted by Crippen LogP contribution is 2.38. The number of halogens is 4. The lowest BCUT2D eigenvalue weighted by Gasteiger charge is -2.31. The first-order valence-corrected chi connectivity index (χ1v) is 11.8. The smallest absolute Gasteiger partial charge is 0.384 e. The number of benzene rings is 2.